The molecule has 19 heavy (non-hydrogen) atoms. The van der Waals surface area contributed by atoms with Crippen LogP contribution in [0.5, 0.6) is 0 Å². The number of ether oxygens (including phenoxy) is 1. The minimum absolute atomic E-state index is 0.320. The third kappa shape index (κ3) is 3.39. The number of hydrogen-bond acceptors (Lipinski definition) is 4. The number of nitrogens with zero attached hydrogens (tertiary/aromatic N) is 2. The Kier molecular flexibility index (Phi) is 5.05. The Labute approximate surface area is 123 Å². The highest BCUT2D eigenvalue weighted by atomic mass is 79.9. The number of piperidine rings is 1. The monoisotopic (exact) mass is 327 g/mol. The van der Waals surface area contributed by atoms with Gasteiger partial charge in [-0.15, -0.1) is 0 Å². The highest BCUT2D eigenvalue weighted by Crippen LogP contribution is 2.32. The van der Waals surface area contributed by atoms with E-state index < -0.39 is 0 Å². The van der Waals surface area contributed by atoms with E-state index in [0.717, 1.165) is 60.5 Å². The summed E-state index contributed by atoms with van der Waals surface area (Å²) in [6.07, 6.45) is 5.42. The summed E-state index contributed by atoms with van der Waals surface area (Å²) in [5.41, 5.74) is 7.66. The van der Waals surface area contributed by atoms with Crippen molar-refractivity contribution < 1.29 is 4.74 Å². The topological polar surface area (TPSA) is 51.4 Å². The first-order chi connectivity index (χ1) is 9.13. The third-order valence-corrected chi connectivity index (χ3v) is 4.47. The Balaban J connectivity index is 2.11. The van der Waals surface area contributed by atoms with E-state index in [1.807, 2.05) is 6.92 Å². The minimum Gasteiger partial charge on any atom is -0.397 e. The molecule has 1 fully saturated rings. The van der Waals surface area contributed by atoms with Gasteiger partial charge in [0.15, 0.2) is 0 Å². The van der Waals surface area contributed by atoms with Gasteiger partial charge in [-0.3, -0.25) is 0 Å². The van der Waals surface area contributed by atoms with Crippen LogP contribution >= 0.6 is 15.9 Å². The van der Waals surface area contributed by atoms with Crippen LogP contribution in [-0.2, 0) is 4.74 Å². The molecule has 5 heteroatoms. The Morgan fingerprint density at radius 1 is 1.58 bits per heavy atom. The van der Waals surface area contributed by atoms with E-state index in [1.54, 1.807) is 6.20 Å². The molecule has 0 spiro atoms. The van der Waals surface area contributed by atoms with Crippen LogP contribution in [0.25, 0.3) is 0 Å². The lowest BCUT2D eigenvalue weighted by molar-refractivity contribution is 0.0439. The summed E-state index contributed by atoms with van der Waals surface area (Å²) in [7, 11) is 0. The number of aromatic nitrogens is 1. The second kappa shape index (κ2) is 6.57. The highest BCUT2D eigenvalue weighted by molar-refractivity contribution is 9.10. The van der Waals surface area contributed by atoms with Gasteiger partial charge in [-0.2, -0.15) is 0 Å². The Morgan fingerprint density at radius 3 is 3.11 bits per heavy atom. The fourth-order valence-corrected chi connectivity index (χ4v) is 2.93. The lowest BCUT2D eigenvalue weighted by Crippen LogP contribution is -2.40. The lowest BCUT2D eigenvalue weighted by Gasteiger charge is -2.34. The number of rotatable bonds is 4. The SMILES string of the molecule is CCCOC1CCCN(c2ncc(N)c(C)c2Br)C1. The summed E-state index contributed by atoms with van der Waals surface area (Å²) in [5, 5.41) is 0. The van der Waals surface area contributed by atoms with Gasteiger partial charge in [0.2, 0.25) is 0 Å². The minimum atomic E-state index is 0.320. The van der Waals surface area contributed by atoms with Gasteiger partial charge in [0.1, 0.15) is 5.82 Å². The molecule has 2 N–H and O–H groups in total. The van der Waals surface area contributed by atoms with Gasteiger partial charge < -0.3 is 15.4 Å². The predicted molar refractivity (Wildman–Crippen MR) is 82.6 cm³/mol. The van der Waals surface area contributed by atoms with E-state index >= 15 is 0 Å². The van der Waals surface area contributed by atoms with Gasteiger partial charge in [0, 0.05) is 19.7 Å². The van der Waals surface area contributed by atoms with E-state index in [2.05, 4.69) is 32.7 Å². The standard InChI is InChI=1S/C14H22BrN3O/c1-3-7-19-11-5-4-6-18(9-11)14-13(15)10(2)12(16)8-17-14/h8,11H,3-7,9,16H2,1-2H3. The molecule has 1 aromatic heterocycles. The molecule has 2 heterocycles. The van der Waals surface area contributed by atoms with Crippen LogP contribution in [0.4, 0.5) is 11.5 Å². The zero-order chi connectivity index (χ0) is 13.8. The second-order valence-electron chi connectivity index (χ2n) is 5.06. The summed E-state index contributed by atoms with van der Waals surface area (Å²) in [5.74, 6) is 0.983. The van der Waals surface area contributed by atoms with Crippen molar-refractivity contribution in [1.82, 2.24) is 4.98 Å². The zero-order valence-electron chi connectivity index (χ0n) is 11.7. The maximum atomic E-state index is 5.88. The molecule has 1 aliphatic rings. The van der Waals surface area contributed by atoms with Crippen LogP contribution in [0.15, 0.2) is 10.7 Å². The maximum absolute atomic E-state index is 5.88. The Hall–Kier alpha value is -0.810. The molecule has 0 amide bonds. The molecule has 0 saturated carbocycles. The quantitative estimate of drug-likeness (QED) is 0.923. The van der Waals surface area contributed by atoms with Gasteiger partial charge in [0.05, 0.1) is 22.5 Å². The van der Waals surface area contributed by atoms with Crippen molar-refractivity contribution in [2.24, 2.45) is 0 Å². The van der Waals surface area contributed by atoms with Crippen molar-refractivity contribution in [1.29, 1.82) is 0 Å². The van der Waals surface area contributed by atoms with Gasteiger partial charge in [-0.1, -0.05) is 6.92 Å². The van der Waals surface area contributed by atoms with E-state index in [0.29, 0.717) is 6.10 Å². The van der Waals surface area contributed by atoms with Crippen molar-refractivity contribution in [3.8, 4) is 0 Å². The number of nitrogens with two attached hydrogens (primary N) is 1. The first-order valence-corrected chi connectivity index (χ1v) is 7.70. The normalized spacial score (nSPS) is 19.7. The summed E-state index contributed by atoms with van der Waals surface area (Å²) in [6, 6.07) is 0. The van der Waals surface area contributed by atoms with E-state index in [4.69, 9.17) is 10.5 Å². The van der Waals surface area contributed by atoms with E-state index in [9.17, 15) is 0 Å². The van der Waals surface area contributed by atoms with Crippen molar-refractivity contribution in [2.75, 3.05) is 30.3 Å². The van der Waals surface area contributed by atoms with Gasteiger partial charge in [0.25, 0.3) is 0 Å². The molecule has 1 aromatic rings. The summed E-state index contributed by atoms with van der Waals surface area (Å²) < 4.78 is 6.87. The van der Waals surface area contributed by atoms with Crippen molar-refractivity contribution >= 4 is 27.4 Å². The first kappa shape index (κ1) is 14.6. The molecule has 1 unspecified atom stereocenters. The summed E-state index contributed by atoms with van der Waals surface area (Å²) in [6.45, 7) is 6.94. The predicted octanol–water partition coefficient (Wildman–Crippen LogP) is 3.13. The maximum Gasteiger partial charge on any atom is 0.143 e. The zero-order valence-corrected chi connectivity index (χ0v) is 13.2. The number of halogens is 1. The van der Waals surface area contributed by atoms with Crippen LogP contribution < -0.4 is 10.6 Å². The fraction of sp³-hybridized carbons (Fsp3) is 0.643. The number of pyridine rings is 1. The smallest absolute Gasteiger partial charge is 0.143 e. The van der Waals surface area contributed by atoms with E-state index in [1.165, 1.54) is 0 Å². The van der Waals surface area contributed by atoms with Crippen LogP contribution in [0.1, 0.15) is 31.7 Å². The molecule has 106 valence electrons. The van der Waals surface area contributed by atoms with E-state index in [-0.39, 0.29) is 0 Å². The average molecular weight is 328 g/mol. The molecular weight excluding hydrogens is 306 g/mol. The first-order valence-electron chi connectivity index (χ1n) is 6.90. The molecule has 0 radical (unpaired) electrons. The average Bonchev–Trinajstić information content (AvgIpc) is 2.43. The fourth-order valence-electron chi connectivity index (χ4n) is 2.35. The number of hydrogen-bond donors (Lipinski definition) is 1. The molecule has 1 atom stereocenters. The third-order valence-electron chi connectivity index (χ3n) is 3.52. The Bertz CT molecular complexity index is 439. The number of anilines is 2. The summed E-state index contributed by atoms with van der Waals surface area (Å²) in [4.78, 5) is 6.77. The molecule has 2 rings (SSSR count). The molecule has 4 nitrogen and oxygen atoms in total. The molecule has 1 saturated heterocycles. The highest BCUT2D eigenvalue weighted by Gasteiger charge is 2.23. The van der Waals surface area contributed by atoms with Gasteiger partial charge in [-0.25, -0.2) is 4.98 Å². The van der Waals surface area contributed by atoms with Crippen molar-refractivity contribution in [3.05, 3.63) is 16.2 Å². The molecule has 0 bridgehead atoms. The van der Waals surface area contributed by atoms with Crippen LogP contribution in [0.3, 0.4) is 0 Å². The van der Waals surface area contributed by atoms with Crippen LogP contribution in [0.2, 0.25) is 0 Å². The van der Waals surface area contributed by atoms with Crippen LogP contribution in [0, 0.1) is 6.92 Å². The molecular formula is C14H22BrN3O. The lowest BCUT2D eigenvalue weighted by atomic mass is 10.1. The van der Waals surface area contributed by atoms with Crippen molar-refractivity contribution in [2.45, 2.75) is 39.2 Å². The second-order valence-corrected chi connectivity index (χ2v) is 5.85. The molecule has 0 aromatic carbocycles. The summed E-state index contributed by atoms with van der Waals surface area (Å²) >= 11 is 3.61. The Morgan fingerprint density at radius 2 is 2.37 bits per heavy atom. The number of nitrogen functional groups attached to an aromatic ring is 1. The van der Waals surface area contributed by atoms with Gasteiger partial charge >= 0.3 is 0 Å². The molecule has 1 aliphatic heterocycles. The largest absolute Gasteiger partial charge is 0.397 e. The van der Waals surface area contributed by atoms with Crippen LogP contribution in [-0.4, -0.2) is 30.8 Å². The molecule has 0 aliphatic carbocycles. The van der Waals surface area contributed by atoms with Crippen molar-refractivity contribution in [3.63, 3.8) is 0 Å². The van der Waals surface area contributed by atoms with Gasteiger partial charge in [-0.05, 0) is 47.7 Å².